The molecule has 8 nitrogen and oxygen atoms in total. The third-order valence-electron chi connectivity index (χ3n) is 2.05. The van der Waals surface area contributed by atoms with Crippen molar-refractivity contribution >= 4 is 26.7 Å². The number of carbonyl (C=O) groups excluding carboxylic acids is 2. The van der Waals surface area contributed by atoms with Crippen LogP contribution in [0.1, 0.15) is 12.8 Å². The van der Waals surface area contributed by atoms with Crippen LogP contribution in [0.25, 0.3) is 0 Å². The summed E-state index contributed by atoms with van der Waals surface area (Å²) >= 11 is 0. The summed E-state index contributed by atoms with van der Waals surface area (Å²) in [7, 11) is -6.98. The van der Waals surface area contributed by atoms with Crippen molar-refractivity contribution in [2.24, 2.45) is 0 Å². The zero-order valence-electron chi connectivity index (χ0n) is 11.4. The van der Waals surface area contributed by atoms with Gasteiger partial charge >= 0.3 is 11.9 Å². The summed E-state index contributed by atoms with van der Waals surface area (Å²) < 4.78 is 30.9. The third kappa shape index (κ3) is 13.7. The Morgan fingerprint density at radius 2 is 1.15 bits per heavy atom. The highest BCUT2D eigenvalue weighted by Gasteiger charge is 2.09. The molecule has 2 unspecified atom stereocenters. The minimum absolute atomic E-state index is 0.196. The average molecular weight is 328 g/mol. The van der Waals surface area contributed by atoms with E-state index in [9.17, 15) is 28.5 Å². The van der Waals surface area contributed by atoms with E-state index in [0.717, 1.165) is 13.3 Å². The maximum absolute atomic E-state index is 11.1. The molecule has 0 fully saturated rings. The van der Waals surface area contributed by atoms with Crippen LogP contribution in [0.5, 0.6) is 0 Å². The summed E-state index contributed by atoms with van der Waals surface area (Å²) in [6.45, 7) is 1.67. The molecule has 0 spiro atoms. The van der Waals surface area contributed by atoms with E-state index >= 15 is 0 Å². The fourth-order valence-electron chi connectivity index (χ4n) is 1.04. The Labute approximate surface area is 117 Å². The molecule has 0 aromatic heterocycles. The van der Waals surface area contributed by atoms with E-state index in [4.69, 9.17) is 0 Å². The molecule has 0 aliphatic heterocycles. The highest BCUT2D eigenvalue weighted by Crippen LogP contribution is 2.30. The Hall–Kier alpha value is -0.680. The molecule has 2 atom stereocenters. The number of hydrogen-bond acceptors (Lipinski definition) is 8. The van der Waals surface area contributed by atoms with Gasteiger partial charge in [0.25, 0.3) is 0 Å². The van der Waals surface area contributed by atoms with Crippen molar-refractivity contribution in [3.05, 3.63) is 0 Å². The van der Waals surface area contributed by atoms with E-state index in [0.29, 0.717) is 0 Å². The van der Waals surface area contributed by atoms with Gasteiger partial charge in [0, 0.05) is 14.7 Å². The van der Waals surface area contributed by atoms with Gasteiger partial charge in [0.1, 0.15) is 13.2 Å². The first-order valence-corrected chi connectivity index (χ1v) is 10.4. The van der Waals surface area contributed by atoms with E-state index in [1.165, 1.54) is 0 Å². The standard InChI is InChI=1S/C10H20O8P2/c1-19(13,14)7-3-9(11)17-5-6-18-10(12)4-8-20(2,15)16/h3-8H2,1-2H3,(H,13,14)(H,15,16)/p-2. The third-order valence-corrected chi connectivity index (χ3v) is 4.13. The summed E-state index contributed by atoms with van der Waals surface area (Å²) in [5.41, 5.74) is 0. The second-order valence-electron chi connectivity index (χ2n) is 4.42. The van der Waals surface area contributed by atoms with Crippen LogP contribution in [0.3, 0.4) is 0 Å². The van der Waals surface area contributed by atoms with Crippen molar-refractivity contribution < 1.29 is 38.0 Å². The molecule has 0 N–H and O–H groups in total. The van der Waals surface area contributed by atoms with Gasteiger partial charge in [-0.25, -0.2) is 0 Å². The smallest absolute Gasteiger partial charge is 0.306 e. The fraction of sp³-hybridized carbons (Fsp3) is 0.800. The van der Waals surface area contributed by atoms with Crippen LogP contribution in [-0.2, 0) is 28.2 Å². The van der Waals surface area contributed by atoms with Crippen LogP contribution in [0.2, 0.25) is 0 Å². The minimum Gasteiger partial charge on any atom is -0.799 e. The monoisotopic (exact) mass is 328 g/mol. The quantitative estimate of drug-likeness (QED) is 0.311. The van der Waals surface area contributed by atoms with Crippen LogP contribution < -0.4 is 9.79 Å². The molecule has 0 saturated carbocycles. The maximum Gasteiger partial charge on any atom is 0.306 e. The molecule has 0 rings (SSSR count). The van der Waals surface area contributed by atoms with E-state index in [2.05, 4.69) is 9.47 Å². The molecule has 0 saturated heterocycles. The molecular formula is C10H18O8P2-2. The van der Waals surface area contributed by atoms with Crippen molar-refractivity contribution in [2.45, 2.75) is 12.8 Å². The predicted molar refractivity (Wildman–Crippen MR) is 67.9 cm³/mol. The van der Waals surface area contributed by atoms with Gasteiger partial charge in [-0.1, -0.05) is 0 Å². The minimum atomic E-state index is -3.49. The summed E-state index contributed by atoms with van der Waals surface area (Å²) in [6, 6.07) is 0. The maximum atomic E-state index is 11.1. The Morgan fingerprint density at radius 3 is 1.40 bits per heavy atom. The SMILES string of the molecule is CP(=O)([O-])CCC(=O)OCCOC(=O)CCP(C)(=O)[O-]. The van der Waals surface area contributed by atoms with Crippen LogP contribution in [-0.4, -0.2) is 50.8 Å². The normalized spacial score (nSPS) is 16.8. The van der Waals surface area contributed by atoms with Crippen LogP contribution >= 0.6 is 14.7 Å². The highest BCUT2D eigenvalue weighted by molar-refractivity contribution is 7.56. The van der Waals surface area contributed by atoms with Crippen LogP contribution in [0, 0.1) is 0 Å². The van der Waals surface area contributed by atoms with Gasteiger partial charge in [0.2, 0.25) is 0 Å². The van der Waals surface area contributed by atoms with Crippen LogP contribution in [0.15, 0.2) is 0 Å². The van der Waals surface area contributed by atoms with E-state index in [1.54, 1.807) is 0 Å². The molecule has 0 aromatic carbocycles. The average Bonchev–Trinajstić information content (AvgIpc) is 2.27. The van der Waals surface area contributed by atoms with Crippen molar-refractivity contribution in [3.63, 3.8) is 0 Å². The second kappa shape index (κ2) is 8.57. The molecule has 0 aliphatic rings. The zero-order chi connectivity index (χ0) is 15.8. The van der Waals surface area contributed by atoms with Gasteiger partial charge in [0.15, 0.2) is 0 Å². The van der Waals surface area contributed by atoms with E-state index < -0.39 is 26.7 Å². The number of hydrogen-bond donors (Lipinski definition) is 0. The molecule has 20 heavy (non-hydrogen) atoms. The van der Waals surface area contributed by atoms with E-state index in [1.807, 2.05) is 0 Å². The second-order valence-corrected chi connectivity index (χ2v) is 9.37. The molecule has 0 radical (unpaired) electrons. The lowest BCUT2D eigenvalue weighted by atomic mass is 10.5. The first-order chi connectivity index (χ1) is 8.99. The number of ether oxygens (including phenoxy) is 2. The largest absolute Gasteiger partial charge is 0.799 e. The molecule has 10 heteroatoms. The number of rotatable bonds is 9. The van der Waals surface area contributed by atoms with Crippen molar-refractivity contribution in [1.82, 2.24) is 0 Å². The Bertz CT molecular complexity index is 381. The molecule has 0 bridgehead atoms. The van der Waals surface area contributed by atoms with Gasteiger partial charge in [-0.3, -0.25) is 9.59 Å². The van der Waals surface area contributed by atoms with Gasteiger partial charge < -0.3 is 28.4 Å². The molecule has 0 aromatic rings. The van der Waals surface area contributed by atoms with Crippen LogP contribution in [0.4, 0.5) is 0 Å². The fourth-order valence-corrected chi connectivity index (χ4v) is 2.22. The van der Waals surface area contributed by atoms with Gasteiger partial charge in [-0.05, 0) is 25.7 Å². The summed E-state index contributed by atoms with van der Waals surface area (Å²) in [6.07, 6.45) is -1.05. The van der Waals surface area contributed by atoms with Gasteiger partial charge in [-0.15, -0.1) is 0 Å². The summed E-state index contributed by atoms with van der Waals surface area (Å²) in [5.74, 6) is -1.40. The van der Waals surface area contributed by atoms with Gasteiger partial charge in [-0.2, -0.15) is 0 Å². The van der Waals surface area contributed by atoms with Crippen molar-refractivity contribution in [2.75, 3.05) is 38.9 Å². The topological polar surface area (TPSA) is 133 Å². The lowest BCUT2D eigenvalue weighted by molar-refractivity contribution is -0.175. The zero-order valence-corrected chi connectivity index (χ0v) is 13.2. The Morgan fingerprint density at radius 1 is 0.850 bits per heavy atom. The molecular weight excluding hydrogens is 310 g/mol. The number of esters is 2. The molecule has 0 aliphatic carbocycles. The Balaban J connectivity index is 3.66. The van der Waals surface area contributed by atoms with Crippen molar-refractivity contribution in [1.29, 1.82) is 0 Å². The number of carbonyl (C=O) groups is 2. The van der Waals surface area contributed by atoms with Gasteiger partial charge in [0.05, 0.1) is 12.8 Å². The predicted octanol–water partition coefficient (Wildman–Crippen LogP) is -0.611. The highest BCUT2D eigenvalue weighted by atomic mass is 31.2. The lowest BCUT2D eigenvalue weighted by Gasteiger charge is -2.16. The Kier molecular flexibility index (Phi) is 8.28. The van der Waals surface area contributed by atoms with E-state index in [-0.39, 0.29) is 38.4 Å². The lowest BCUT2D eigenvalue weighted by Crippen LogP contribution is -2.16. The molecule has 0 amide bonds. The van der Waals surface area contributed by atoms with Crippen molar-refractivity contribution in [3.8, 4) is 0 Å². The molecule has 0 heterocycles. The first kappa shape index (κ1) is 19.3. The first-order valence-electron chi connectivity index (χ1n) is 5.86. The molecule has 118 valence electrons. The summed E-state index contributed by atoms with van der Waals surface area (Å²) in [4.78, 5) is 43.8. The summed E-state index contributed by atoms with van der Waals surface area (Å²) in [5, 5.41) is 0.